The Bertz CT molecular complexity index is 110. The van der Waals surface area contributed by atoms with E-state index in [-0.39, 0.29) is 0 Å². The van der Waals surface area contributed by atoms with E-state index in [4.69, 9.17) is 0 Å². The summed E-state index contributed by atoms with van der Waals surface area (Å²) < 4.78 is 0. The summed E-state index contributed by atoms with van der Waals surface area (Å²) in [5, 5.41) is 0. The fourth-order valence-corrected chi connectivity index (χ4v) is 1.69. The van der Waals surface area contributed by atoms with Crippen LogP contribution in [0.1, 0.15) is 46.5 Å². The Morgan fingerprint density at radius 3 is 1.82 bits per heavy atom. The zero-order valence-electron chi connectivity index (χ0n) is 8.19. The lowest BCUT2D eigenvalue weighted by molar-refractivity contribution is 0.191. The van der Waals surface area contributed by atoms with Crippen LogP contribution < -0.4 is 0 Å². The maximum atomic E-state index is 2.66. The molecular formula is C10H21N. The Kier molecular flexibility index (Phi) is 2.94. The molecule has 0 atom stereocenters. The fraction of sp³-hybridized carbons (Fsp3) is 1.00. The second-order valence-electron chi connectivity index (χ2n) is 3.98. The van der Waals surface area contributed by atoms with Crippen molar-refractivity contribution in [2.75, 3.05) is 13.1 Å². The van der Waals surface area contributed by atoms with E-state index >= 15 is 0 Å². The molecule has 0 aromatic carbocycles. The quantitative estimate of drug-likeness (QED) is 0.590. The van der Waals surface area contributed by atoms with Gasteiger partial charge in [-0.25, -0.2) is 0 Å². The molecule has 1 nitrogen and oxygen atoms in total. The van der Waals surface area contributed by atoms with E-state index in [9.17, 15) is 0 Å². The standard InChI is InChI=1S/C10H21N/c1-4-8-11(9-5-2)10(3)6-7-10/h4-9H2,1-3H3. The van der Waals surface area contributed by atoms with Crippen molar-refractivity contribution < 1.29 is 0 Å². The van der Waals surface area contributed by atoms with Crippen molar-refractivity contribution in [3.05, 3.63) is 0 Å². The SMILES string of the molecule is CCCN(CCC)C1(C)CC1. The van der Waals surface area contributed by atoms with Gasteiger partial charge in [-0.1, -0.05) is 13.8 Å². The average Bonchev–Trinajstić information content (AvgIpc) is 2.69. The van der Waals surface area contributed by atoms with Crippen LogP contribution in [-0.2, 0) is 0 Å². The third-order valence-electron chi connectivity index (χ3n) is 2.72. The van der Waals surface area contributed by atoms with E-state index in [0.29, 0.717) is 5.54 Å². The van der Waals surface area contributed by atoms with Crippen molar-refractivity contribution in [1.82, 2.24) is 4.90 Å². The molecule has 1 saturated carbocycles. The van der Waals surface area contributed by atoms with Crippen LogP contribution >= 0.6 is 0 Å². The monoisotopic (exact) mass is 155 g/mol. The van der Waals surface area contributed by atoms with Gasteiger partial charge in [-0.15, -0.1) is 0 Å². The first kappa shape index (κ1) is 9.05. The molecule has 66 valence electrons. The maximum absolute atomic E-state index is 2.66. The van der Waals surface area contributed by atoms with Gasteiger partial charge in [0.15, 0.2) is 0 Å². The molecule has 0 amide bonds. The minimum absolute atomic E-state index is 0.603. The number of hydrogen-bond acceptors (Lipinski definition) is 1. The maximum Gasteiger partial charge on any atom is 0.0182 e. The minimum atomic E-state index is 0.603. The minimum Gasteiger partial charge on any atom is -0.298 e. The smallest absolute Gasteiger partial charge is 0.0182 e. The highest BCUT2D eigenvalue weighted by Crippen LogP contribution is 2.41. The molecule has 1 aliphatic carbocycles. The van der Waals surface area contributed by atoms with Crippen LogP contribution in [0.2, 0.25) is 0 Å². The van der Waals surface area contributed by atoms with Gasteiger partial charge < -0.3 is 0 Å². The molecule has 0 aromatic rings. The molecule has 1 fully saturated rings. The van der Waals surface area contributed by atoms with E-state index in [2.05, 4.69) is 25.7 Å². The van der Waals surface area contributed by atoms with Crippen molar-refractivity contribution in [3.63, 3.8) is 0 Å². The highest BCUT2D eigenvalue weighted by Gasteiger charge is 2.41. The largest absolute Gasteiger partial charge is 0.298 e. The molecule has 1 rings (SSSR count). The lowest BCUT2D eigenvalue weighted by Gasteiger charge is -2.28. The van der Waals surface area contributed by atoms with Crippen molar-refractivity contribution in [2.24, 2.45) is 0 Å². The molecular weight excluding hydrogens is 134 g/mol. The van der Waals surface area contributed by atoms with Crippen LogP contribution in [0.15, 0.2) is 0 Å². The zero-order chi connectivity index (χ0) is 8.32. The molecule has 0 radical (unpaired) electrons. The molecule has 0 aliphatic heterocycles. The van der Waals surface area contributed by atoms with Gasteiger partial charge in [-0.3, -0.25) is 4.90 Å². The van der Waals surface area contributed by atoms with Crippen molar-refractivity contribution in [3.8, 4) is 0 Å². The van der Waals surface area contributed by atoms with Crippen LogP contribution in [0.4, 0.5) is 0 Å². The Labute approximate surface area is 70.8 Å². The molecule has 0 N–H and O–H groups in total. The summed E-state index contributed by atoms with van der Waals surface area (Å²) in [4.78, 5) is 2.66. The van der Waals surface area contributed by atoms with Gasteiger partial charge in [0, 0.05) is 5.54 Å². The normalized spacial score (nSPS) is 20.7. The summed E-state index contributed by atoms with van der Waals surface area (Å²) in [6, 6.07) is 0. The van der Waals surface area contributed by atoms with Gasteiger partial charge in [0.2, 0.25) is 0 Å². The topological polar surface area (TPSA) is 3.24 Å². The highest BCUT2D eigenvalue weighted by atomic mass is 15.2. The Balaban J connectivity index is 2.32. The molecule has 0 aromatic heterocycles. The summed E-state index contributed by atoms with van der Waals surface area (Å²) in [7, 11) is 0. The van der Waals surface area contributed by atoms with Crippen LogP contribution in [-0.4, -0.2) is 23.5 Å². The van der Waals surface area contributed by atoms with Crippen molar-refractivity contribution >= 4 is 0 Å². The third-order valence-corrected chi connectivity index (χ3v) is 2.72. The van der Waals surface area contributed by atoms with Gasteiger partial charge in [0.25, 0.3) is 0 Å². The summed E-state index contributed by atoms with van der Waals surface area (Å²) in [6.45, 7) is 9.54. The predicted molar refractivity (Wildman–Crippen MR) is 49.8 cm³/mol. The Hall–Kier alpha value is -0.0400. The second kappa shape index (κ2) is 3.57. The van der Waals surface area contributed by atoms with Gasteiger partial charge in [0.1, 0.15) is 0 Å². The van der Waals surface area contributed by atoms with Gasteiger partial charge in [0.05, 0.1) is 0 Å². The van der Waals surface area contributed by atoms with Gasteiger partial charge in [-0.2, -0.15) is 0 Å². The molecule has 0 spiro atoms. The first-order valence-corrected chi connectivity index (χ1v) is 4.98. The summed E-state index contributed by atoms with van der Waals surface area (Å²) in [5.74, 6) is 0. The number of nitrogens with zero attached hydrogens (tertiary/aromatic N) is 1. The Morgan fingerprint density at radius 1 is 1.09 bits per heavy atom. The van der Waals surface area contributed by atoms with E-state index < -0.39 is 0 Å². The molecule has 1 heteroatoms. The summed E-state index contributed by atoms with van der Waals surface area (Å²) in [5.41, 5.74) is 0.603. The Morgan fingerprint density at radius 2 is 1.55 bits per heavy atom. The highest BCUT2D eigenvalue weighted by molar-refractivity contribution is 4.99. The van der Waals surface area contributed by atoms with Crippen LogP contribution in [0, 0.1) is 0 Å². The van der Waals surface area contributed by atoms with E-state index in [1.54, 1.807) is 0 Å². The average molecular weight is 155 g/mol. The second-order valence-corrected chi connectivity index (χ2v) is 3.98. The van der Waals surface area contributed by atoms with Crippen LogP contribution in [0.5, 0.6) is 0 Å². The first-order chi connectivity index (χ1) is 5.23. The molecule has 11 heavy (non-hydrogen) atoms. The summed E-state index contributed by atoms with van der Waals surface area (Å²) >= 11 is 0. The summed E-state index contributed by atoms with van der Waals surface area (Å²) in [6.07, 6.45) is 5.45. The van der Waals surface area contributed by atoms with E-state index in [0.717, 1.165) is 0 Å². The zero-order valence-corrected chi connectivity index (χ0v) is 8.19. The molecule has 0 saturated heterocycles. The molecule has 0 unspecified atom stereocenters. The predicted octanol–water partition coefficient (Wildman–Crippen LogP) is 2.66. The van der Waals surface area contributed by atoms with Crippen molar-refractivity contribution in [2.45, 2.75) is 52.0 Å². The number of hydrogen-bond donors (Lipinski definition) is 0. The first-order valence-electron chi connectivity index (χ1n) is 4.98. The van der Waals surface area contributed by atoms with Crippen molar-refractivity contribution in [1.29, 1.82) is 0 Å². The molecule has 1 aliphatic rings. The van der Waals surface area contributed by atoms with Crippen LogP contribution in [0.25, 0.3) is 0 Å². The van der Waals surface area contributed by atoms with Crippen LogP contribution in [0.3, 0.4) is 0 Å². The van der Waals surface area contributed by atoms with E-state index in [1.165, 1.54) is 38.8 Å². The lowest BCUT2D eigenvalue weighted by atomic mass is 10.2. The third kappa shape index (κ3) is 2.19. The van der Waals surface area contributed by atoms with Gasteiger partial charge >= 0.3 is 0 Å². The van der Waals surface area contributed by atoms with E-state index in [1.807, 2.05) is 0 Å². The molecule has 0 heterocycles. The number of rotatable bonds is 5. The molecule has 0 bridgehead atoms. The fourth-order valence-electron chi connectivity index (χ4n) is 1.69. The van der Waals surface area contributed by atoms with Gasteiger partial charge in [-0.05, 0) is 45.7 Å². The lowest BCUT2D eigenvalue weighted by Crippen LogP contribution is -2.36.